The molecule has 152 valence electrons. The monoisotopic (exact) mass is 410 g/mol. The van der Waals surface area contributed by atoms with Crippen LogP contribution in [0.3, 0.4) is 0 Å². The summed E-state index contributed by atoms with van der Waals surface area (Å²) in [5, 5.41) is 8.47. The maximum absolute atomic E-state index is 13.9. The lowest BCUT2D eigenvalue weighted by atomic mass is 10.1. The van der Waals surface area contributed by atoms with E-state index in [1.807, 2.05) is 72.8 Å². The number of hydrogen-bond acceptors (Lipinski definition) is 3. The lowest BCUT2D eigenvalue weighted by Crippen LogP contribution is -1.95. The predicted molar refractivity (Wildman–Crippen MR) is 119 cm³/mol. The zero-order valence-corrected chi connectivity index (χ0v) is 16.6. The van der Waals surface area contributed by atoms with Crippen molar-refractivity contribution in [2.24, 2.45) is 0 Å². The largest absolute Gasteiger partial charge is 0.489 e. The molecule has 0 fully saturated rings. The molecule has 1 N–H and O–H groups in total. The summed E-state index contributed by atoms with van der Waals surface area (Å²) in [7, 11) is 0. The number of para-hydroxylation sites is 1. The van der Waals surface area contributed by atoms with Gasteiger partial charge in [-0.2, -0.15) is 5.10 Å². The van der Waals surface area contributed by atoms with Crippen LogP contribution in [0.2, 0.25) is 0 Å². The SMILES string of the molecule is Fc1ccccc1Oc1ccc2c(-c3cccc(OCc4ccccc4)c3)n[nH]c2c1. The van der Waals surface area contributed by atoms with Gasteiger partial charge in [0.2, 0.25) is 0 Å². The molecule has 0 spiro atoms. The summed E-state index contributed by atoms with van der Waals surface area (Å²) >= 11 is 0. The highest BCUT2D eigenvalue weighted by molar-refractivity contribution is 5.93. The van der Waals surface area contributed by atoms with Crippen molar-refractivity contribution in [2.75, 3.05) is 0 Å². The van der Waals surface area contributed by atoms with Gasteiger partial charge in [-0.15, -0.1) is 0 Å². The van der Waals surface area contributed by atoms with Gasteiger partial charge in [0.1, 0.15) is 23.8 Å². The van der Waals surface area contributed by atoms with E-state index < -0.39 is 5.82 Å². The molecule has 0 radical (unpaired) electrons. The van der Waals surface area contributed by atoms with Gasteiger partial charge in [-0.05, 0) is 42.0 Å². The number of halogens is 1. The molecule has 0 bridgehead atoms. The first-order valence-electron chi connectivity index (χ1n) is 9.94. The number of rotatable bonds is 6. The van der Waals surface area contributed by atoms with Crippen LogP contribution in [0, 0.1) is 5.82 Å². The molecule has 5 rings (SSSR count). The highest BCUT2D eigenvalue weighted by Crippen LogP contribution is 2.32. The van der Waals surface area contributed by atoms with Gasteiger partial charge >= 0.3 is 0 Å². The molecule has 0 saturated heterocycles. The smallest absolute Gasteiger partial charge is 0.165 e. The standard InChI is InChI=1S/C26H19FN2O2/c27-23-11-4-5-12-25(23)31-21-13-14-22-24(16-21)28-29-26(22)19-9-6-10-20(15-19)30-17-18-7-2-1-3-8-18/h1-16H,17H2,(H,28,29). The molecule has 1 heterocycles. The Morgan fingerprint density at radius 1 is 0.774 bits per heavy atom. The maximum atomic E-state index is 13.9. The Morgan fingerprint density at radius 3 is 2.48 bits per heavy atom. The van der Waals surface area contributed by atoms with Crippen molar-refractivity contribution in [1.29, 1.82) is 0 Å². The first-order valence-corrected chi connectivity index (χ1v) is 9.94. The first kappa shape index (κ1) is 18.9. The third kappa shape index (κ3) is 4.12. The number of aromatic nitrogens is 2. The van der Waals surface area contributed by atoms with E-state index in [0.29, 0.717) is 12.4 Å². The van der Waals surface area contributed by atoms with Gasteiger partial charge in [-0.3, -0.25) is 5.10 Å². The van der Waals surface area contributed by atoms with Crippen molar-refractivity contribution in [3.05, 3.63) is 108 Å². The average Bonchev–Trinajstić information content (AvgIpc) is 3.23. The lowest BCUT2D eigenvalue weighted by molar-refractivity contribution is 0.306. The third-order valence-electron chi connectivity index (χ3n) is 4.95. The van der Waals surface area contributed by atoms with E-state index in [-0.39, 0.29) is 5.75 Å². The second-order valence-electron chi connectivity index (χ2n) is 7.11. The molecule has 0 saturated carbocycles. The molecule has 5 heteroatoms. The van der Waals surface area contributed by atoms with E-state index in [4.69, 9.17) is 9.47 Å². The Labute approximate surface area is 178 Å². The number of nitrogens with one attached hydrogen (secondary N) is 1. The van der Waals surface area contributed by atoms with Crippen LogP contribution in [0.5, 0.6) is 17.2 Å². The van der Waals surface area contributed by atoms with Gasteiger partial charge in [0.15, 0.2) is 11.6 Å². The predicted octanol–water partition coefficient (Wildman–Crippen LogP) is 6.74. The minimum absolute atomic E-state index is 0.185. The van der Waals surface area contributed by atoms with Crippen LogP contribution in [-0.4, -0.2) is 10.2 Å². The number of benzene rings is 4. The number of ether oxygens (including phenoxy) is 2. The molecule has 0 aliphatic carbocycles. The quantitative estimate of drug-likeness (QED) is 0.337. The summed E-state index contributed by atoms with van der Waals surface area (Å²) < 4.78 is 25.5. The Hall–Kier alpha value is -4.12. The van der Waals surface area contributed by atoms with Crippen molar-refractivity contribution < 1.29 is 13.9 Å². The normalized spacial score (nSPS) is 10.9. The molecule has 0 atom stereocenters. The number of fused-ring (bicyclic) bond motifs is 1. The van der Waals surface area contributed by atoms with Gasteiger partial charge in [0.05, 0.1) is 5.52 Å². The molecule has 0 amide bonds. The van der Waals surface area contributed by atoms with E-state index in [1.54, 1.807) is 18.2 Å². The summed E-state index contributed by atoms with van der Waals surface area (Å²) in [4.78, 5) is 0. The molecule has 4 nitrogen and oxygen atoms in total. The summed E-state index contributed by atoms with van der Waals surface area (Å²) in [6.07, 6.45) is 0. The fourth-order valence-corrected chi connectivity index (χ4v) is 3.41. The van der Waals surface area contributed by atoms with Crippen molar-refractivity contribution in [1.82, 2.24) is 10.2 Å². The van der Waals surface area contributed by atoms with Gasteiger partial charge in [-0.25, -0.2) is 4.39 Å². The Bertz CT molecular complexity index is 1330. The zero-order chi connectivity index (χ0) is 21.0. The first-order chi connectivity index (χ1) is 15.3. The zero-order valence-electron chi connectivity index (χ0n) is 16.6. The van der Waals surface area contributed by atoms with Crippen molar-refractivity contribution in [3.63, 3.8) is 0 Å². The van der Waals surface area contributed by atoms with Gasteiger partial charge in [0, 0.05) is 17.0 Å². The number of aromatic amines is 1. The summed E-state index contributed by atoms with van der Waals surface area (Å²) in [5.74, 6) is 1.09. The maximum Gasteiger partial charge on any atom is 0.165 e. The van der Waals surface area contributed by atoms with Crippen LogP contribution in [0.1, 0.15) is 5.56 Å². The molecule has 4 aromatic carbocycles. The minimum atomic E-state index is -0.403. The van der Waals surface area contributed by atoms with Gasteiger partial charge < -0.3 is 9.47 Å². The molecular weight excluding hydrogens is 391 g/mol. The second kappa shape index (κ2) is 8.32. The topological polar surface area (TPSA) is 47.1 Å². The molecular formula is C26H19FN2O2. The highest BCUT2D eigenvalue weighted by atomic mass is 19.1. The Kier molecular flexibility index (Phi) is 5.07. The number of H-pyrrole nitrogens is 1. The fourth-order valence-electron chi connectivity index (χ4n) is 3.41. The summed E-state index contributed by atoms with van der Waals surface area (Å²) in [6.45, 7) is 0.502. The highest BCUT2D eigenvalue weighted by Gasteiger charge is 2.11. The molecule has 1 aromatic heterocycles. The number of nitrogens with zero attached hydrogens (tertiary/aromatic N) is 1. The van der Waals surface area contributed by atoms with E-state index in [9.17, 15) is 4.39 Å². The van der Waals surface area contributed by atoms with Crippen LogP contribution in [-0.2, 0) is 6.61 Å². The Balaban J connectivity index is 1.38. The van der Waals surface area contributed by atoms with Crippen LogP contribution in [0.25, 0.3) is 22.2 Å². The lowest BCUT2D eigenvalue weighted by Gasteiger charge is -2.08. The second-order valence-corrected chi connectivity index (χ2v) is 7.11. The van der Waals surface area contributed by atoms with E-state index in [0.717, 1.165) is 33.5 Å². The van der Waals surface area contributed by atoms with Crippen LogP contribution in [0.15, 0.2) is 97.1 Å². The van der Waals surface area contributed by atoms with E-state index >= 15 is 0 Å². The number of hydrogen-bond donors (Lipinski definition) is 1. The van der Waals surface area contributed by atoms with Crippen LogP contribution < -0.4 is 9.47 Å². The average molecular weight is 410 g/mol. The van der Waals surface area contributed by atoms with E-state index in [2.05, 4.69) is 10.2 Å². The van der Waals surface area contributed by atoms with Crippen molar-refractivity contribution in [3.8, 4) is 28.5 Å². The van der Waals surface area contributed by atoms with Crippen LogP contribution in [0.4, 0.5) is 4.39 Å². The summed E-state index contributed by atoms with van der Waals surface area (Å²) in [5.41, 5.74) is 3.68. The fraction of sp³-hybridized carbons (Fsp3) is 0.0385. The van der Waals surface area contributed by atoms with Crippen molar-refractivity contribution in [2.45, 2.75) is 6.61 Å². The molecule has 31 heavy (non-hydrogen) atoms. The molecule has 0 aliphatic rings. The molecule has 5 aromatic rings. The van der Waals surface area contributed by atoms with Crippen molar-refractivity contribution >= 4 is 10.9 Å². The van der Waals surface area contributed by atoms with E-state index in [1.165, 1.54) is 6.07 Å². The molecule has 0 unspecified atom stereocenters. The third-order valence-corrected chi connectivity index (χ3v) is 4.95. The Morgan fingerprint density at radius 2 is 1.61 bits per heavy atom. The van der Waals surface area contributed by atoms with Gasteiger partial charge in [-0.1, -0.05) is 54.6 Å². The van der Waals surface area contributed by atoms with Gasteiger partial charge in [0.25, 0.3) is 0 Å². The van der Waals surface area contributed by atoms with Crippen LogP contribution >= 0.6 is 0 Å². The molecule has 0 aliphatic heterocycles. The summed E-state index contributed by atoms with van der Waals surface area (Å²) in [6, 6.07) is 29.8. The minimum Gasteiger partial charge on any atom is -0.489 e.